The molecule has 124 valence electrons. The van der Waals surface area contributed by atoms with Crippen molar-refractivity contribution in [1.29, 1.82) is 0 Å². The molecule has 0 unspecified atom stereocenters. The van der Waals surface area contributed by atoms with Gasteiger partial charge in [0.1, 0.15) is 11.4 Å². The van der Waals surface area contributed by atoms with Gasteiger partial charge in [-0.1, -0.05) is 5.21 Å². The summed E-state index contributed by atoms with van der Waals surface area (Å²) in [6, 6.07) is 6.54. The van der Waals surface area contributed by atoms with Crippen LogP contribution in [0.4, 0.5) is 4.39 Å². The highest BCUT2D eigenvalue weighted by molar-refractivity contribution is 7.80. The van der Waals surface area contributed by atoms with Crippen molar-refractivity contribution in [2.45, 2.75) is 13.5 Å². The molecular weight excluding hydrogens is 329 g/mol. The molecule has 1 aromatic carbocycles. The van der Waals surface area contributed by atoms with Crippen LogP contribution >= 0.6 is 12.2 Å². The van der Waals surface area contributed by atoms with Crippen LogP contribution in [-0.4, -0.2) is 36.4 Å². The SMILES string of the molecule is CCNC(=S)NCc1cn(-c2ccc(-n3cccn3)c(F)c2)nn1. The third kappa shape index (κ3) is 3.57. The summed E-state index contributed by atoms with van der Waals surface area (Å²) in [5.41, 5.74) is 1.66. The minimum atomic E-state index is -0.389. The van der Waals surface area contributed by atoms with Gasteiger partial charge in [-0.15, -0.1) is 5.10 Å². The fourth-order valence-electron chi connectivity index (χ4n) is 2.13. The van der Waals surface area contributed by atoms with Gasteiger partial charge in [0, 0.05) is 25.0 Å². The van der Waals surface area contributed by atoms with Gasteiger partial charge in [0.2, 0.25) is 0 Å². The first-order valence-electron chi connectivity index (χ1n) is 7.40. The number of thiocarbonyl (C=S) groups is 1. The zero-order valence-corrected chi connectivity index (χ0v) is 13.8. The predicted molar refractivity (Wildman–Crippen MR) is 91.6 cm³/mol. The van der Waals surface area contributed by atoms with Crippen LogP contribution in [0.5, 0.6) is 0 Å². The first kappa shape index (κ1) is 16.1. The highest BCUT2D eigenvalue weighted by Gasteiger charge is 2.09. The van der Waals surface area contributed by atoms with E-state index in [1.165, 1.54) is 15.4 Å². The van der Waals surface area contributed by atoms with Crippen LogP contribution in [0.25, 0.3) is 11.4 Å². The molecule has 0 aliphatic rings. The van der Waals surface area contributed by atoms with Crippen molar-refractivity contribution >= 4 is 17.3 Å². The Labute approximate surface area is 143 Å². The fraction of sp³-hybridized carbons (Fsp3) is 0.200. The number of nitrogens with one attached hydrogen (secondary N) is 2. The van der Waals surface area contributed by atoms with E-state index in [2.05, 4.69) is 26.0 Å². The van der Waals surface area contributed by atoms with Crippen LogP contribution in [-0.2, 0) is 6.54 Å². The highest BCUT2D eigenvalue weighted by atomic mass is 32.1. The molecule has 0 amide bonds. The molecule has 2 heterocycles. The molecule has 0 saturated carbocycles. The lowest BCUT2D eigenvalue weighted by Gasteiger charge is -2.06. The monoisotopic (exact) mass is 345 g/mol. The summed E-state index contributed by atoms with van der Waals surface area (Å²) < 4.78 is 17.3. The fourth-order valence-corrected chi connectivity index (χ4v) is 2.35. The molecule has 7 nitrogen and oxygen atoms in total. The van der Waals surface area contributed by atoms with Gasteiger partial charge in [0.05, 0.1) is 18.4 Å². The van der Waals surface area contributed by atoms with Crippen molar-refractivity contribution < 1.29 is 4.39 Å². The number of halogens is 1. The van der Waals surface area contributed by atoms with E-state index in [1.807, 2.05) is 6.92 Å². The average molecular weight is 345 g/mol. The van der Waals surface area contributed by atoms with E-state index in [1.54, 1.807) is 36.8 Å². The standard InChI is InChI=1S/C15H16FN7S/c1-2-17-15(24)18-9-11-10-23(21-20-11)12-4-5-14(13(16)8-12)22-7-3-6-19-22/h3-8,10H,2,9H2,1H3,(H2,17,18,24). The molecule has 3 rings (SSSR count). The quantitative estimate of drug-likeness (QED) is 0.684. The molecular formula is C15H16FN7S. The summed E-state index contributed by atoms with van der Waals surface area (Å²) in [6.45, 7) is 3.16. The Bertz CT molecular complexity index is 828. The van der Waals surface area contributed by atoms with Crippen LogP contribution in [0.1, 0.15) is 12.6 Å². The number of hydrogen-bond acceptors (Lipinski definition) is 4. The summed E-state index contributed by atoms with van der Waals surface area (Å²) in [4.78, 5) is 0. The minimum Gasteiger partial charge on any atom is -0.363 e. The molecule has 0 saturated heterocycles. The number of rotatable bonds is 5. The number of nitrogens with zero attached hydrogens (tertiary/aromatic N) is 5. The summed E-state index contributed by atoms with van der Waals surface area (Å²) in [5, 5.41) is 18.7. The second-order valence-electron chi connectivity index (χ2n) is 4.95. The number of aromatic nitrogens is 5. The van der Waals surface area contributed by atoms with Crippen LogP contribution < -0.4 is 10.6 Å². The minimum absolute atomic E-state index is 0.377. The zero-order chi connectivity index (χ0) is 16.9. The topological polar surface area (TPSA) is 72.6 Å². The van der Waals surface area contributed by atoms with E-state index < -0.39 is 0 Å². The predicted octanol–water partition coefficient (Wildman–Crippen LogP) is 1.58. The van der Waals surface area contributed by atoms with Gasteiger partial charge < -0.3 is 10.6 Å². The normalized spacial score (nSPS) is 10.6. The Morgan fingerprint density at radius 2 is 2.17 bits per heavy atom. The molecule has 0 bridgehead atoms. The Balaban J connectivity index is 1.73. The van der Waals surface area contributed by atoms with Gasteiger partial charge in [0.25, 0.3) is 0 Å². The van der Waals surface area contributed by atoms with Gasteiger partial charge in [-0.2, -0.15) is 5.10 Å². The smallest absolute Gasteiger partial charge is 0.166 e. The van der Waals surface area contributed by atoms with Crippen molar-refractivity contribution in [3.63, 3.8) is 0 Å². The van der Waals surface area contributed by atoms with E-state index in [0.717, 1.165) is 6.54 Å². The molecule has 2 aromatic heterocycles. The van der Waals surface area contributed by atoms with E-state index in [4.69, 9.17) is 12.2 Å². The third-order valence-corrected chi connectivity index (χ3v) is 3.54. The van der Waals surface area contributed by atoms with Gasteiger partial charge in [0.15, 0.2) is 10.9 Å². The second-order valence-corrected chi connectivity index (χ2v) is 5.36. The summed E-state index contributed by atoms with van der Waals surface area (Å²) >= 11 is 5.09. The zero-order valence-electron chi connectivity index (χ0n) is 13.0. The highest BCUT2D eigenvalue weighted by Crippen LogP contribution is 2.16. The number of hydrogen-bond donors (Lipinski definition) is 2. The van der Waals surface area contributed by atoms with E-state index in [0.29, 0.717) is 28.7 Å². The van der Waals surface area contributed by atoms with Crippen LogP contribution in [0.2, 0.25) is 0 Å². The van der Waals surface area contributed by atoms with Crippen molar-refractivity contribution in [3.05, 3.63) is 54.4 Å². The first-order valence-corrected chi connectivity index (χ1v) is 7.81. The van der Waals surface area contributed by atoms with Crippen molar-refractivity contribution in [2.24, 2.45) is 0 Å². The van der Waals surface area contributed by atoms with Crippen molar-refractivity contribution in [2.75, 3.05) is 6.54 Å². The molecule has 0 radical (unpaired) electrons. The van der Waals surface area contributed by atoms with Crippen LogP contribution in [0, 0.1) is 5.82 Å². The Hall–Kier alpha value is -2.81. The van der Waals surface area contributed by atoms with Crippen LogP contribution in [0.15, 0.2) is 42.9 Å². The molecule has 2 N–H and O–H groups in total. The lowest BCUT2D eigenvalue weighted by molar-refractivity contribution is 0.608. The van der Waals surface area contributed by atoms with E-state index in [-0.39, 0.29) is 5.82 Å². The summed E-state index contributed by atoms with van der Waals surface area (Å²) in [5.74, 6) is -0.389. The summed E-state index contributed by atoms with van der Waals surface area (Å²) in [7, 11) is 0. The maximum absolute atomic E-state index is 14.3. The van der Waals surface area contributed by atoms with Crippen molar-refractivity contribution in [3.8, 4) is 11.4 Å². The van der Waals surface area contributed by atoms with Gasteiger partial charge in [-0.3, -0.25) is 0 Å². The molecule has 9 heteroatoms. The van der Waals surface area contributed by atoms with Gasteiger partial charge >= 0.3 is 0 Å². The summed E-state index contributed by atoms with van der Waals surface area (Å²) in [6.07, 6.45) is 5.01. The van der Waals surface area contributed by atoms with Gasteiger partial charge in [-0.25, -0.2) is 13.8 Å². The Morgan fingerprint density at radius 3 is 2.88 bits per heavy atom. The molecule has 24 heavy (non-hydrogen) atoms. The Morgan fingerprint density at radius 1 is 1.29 bits per heavy atom. The largest absolute Gasteiger partial charge is 0.363 e. The molecule has 0 fully saturated rings. The molecule has 0 spiro atoms. The molecule has 3 aromatic rings. The van der Waals surface area contributed by atoms with Crippen molar-refractivity contribution in [1.82, 2.24) is 35.4 Å². The van der Waals surface area contributed by atoms with E-state index >= 15 is 0 Å². The third-order valence-electron chi connectivity index (χ3n) is 3.26. The maximum Gasteiger partial charge on any atom is 0.166 e. The van der Waals surface area contributed by atoms with Crippen LogP contribution in [0.3, 0.4) is 0 Å². The maximum atomic E-state index is 14.3. The molecule has 0 atom stereocenters. The lowest BCUT2D eigenvalue weighted by Crippen LogP contribution is -2.34. The second kappa shape index (κ2) is 7.18. The number of benzene rings is 1. The average Bonchev–Trinajstić information content (AvgIpc) is 3.25. The molecule has 0 aliphatic carbocycles. The molecule has 0 aliphatic heterocycles. The first-order chi connectivity index (χ1) is 11.7. The van der Waals surface area contributed by atoms with E-state index in [9.17, 15) is 4.39 Å². The Kier molecular flexibility index (Phi) is 4.80. The lowest BCUT2D eigenvalue weighted by atomic mass is 10.2. The van der Waals surface area contributed by atoms with Gasteiger partial charge in [-0.05, 0) is 37.3 Å².